The van der Waals surface area contributed by atoms with Gasteiger partial charge in [0.25, 0.3) is 0 Å². The molecule has 1 amide bonds. The van der Waals surface area contributed by atoms with E-state index in [0.717, 1.165) is 11.3 Å². The molecule has 1 aliphatic rings. The zero-order valence-corrected chi connectivity index (χ0v) is 13.4. The molecule has 1 aromatic carbocycles. The van der Waals surface area contributed by atoms with Gasteiger partial charge in [0.1, 0.15) is 0 Å². The minimum atomic E-state index is -0.730. The lowest BCUT2D eigenvalue weighted by molar-refractivity contribution is -0.143. The number of carbonyl (C=O) groups excluding carboxylic acids is 1. The van der Waals surface area contributed by atoms with Crippen molar-refractivity contribution in [1.82, 2.24) is 4.90 Å². The first-order chi connectivity index (χ1) is 10.4. The molecule has 2 N–H and O–H groups in total. The summed E-state index contributed by atoms with van der Waals surface area (Å²) < 4.78 is 0. The average Bonchev–Trinajstić information content (AvgIpc) is 2.50. The second-order valence-corrected chi connectivity index (χ2v) is 6.11. The van der Waals surface area contributed by atoms with Crippen molar-refractivity contribution in [2.24, 2.45) is 5.92 Å². The summed E-state index contributed by atoms with van der Waals surface area (Å²) in [5, 5.41) is 12.0. The average molecular weight is 304 g/mol. The molecule has 0 bridgehead atoms. The number of rotatable bonds is 4. The summed E-state index contributed by atoms with van der Waals surface area (Å²) in [5.41, 5.74) is 3.15. The maximum atomic E-state index is 12.4. The molecular formula is C17H24N2O3. The van der Waals surface area contributed by atoms with Crippen LogP contribution in [0.3, 0.4) is 0 Å². The summed E-state index contributed by atoms with van der Waals surface area (Å²) in [7, 11) is 0. The highest BCUT2D eigenvalue weighted by Gasteiger charge is 2.29. The van der Waals surface area contributed by atoms with E-state index >= 15 is 0 Å². The van der Waals surface area contributed by atoms with Crippen LogP contribution in [0.5, 0.6) is 0 Å². The molecule has 1 aromatic rings. The van der Waals surface area contributed by atoms with E-state index in [0.29, 0.717) is 25.9 Å². The molecule has 1 heterocycles. The molecule has 5 nitrogen and oxygen atoms in total. The van der Waals surface area contributed by atoms with Crippen molar-refractivity contribution in [2.45, 2.75) is 39.7 Å². The third kappa shape index (κ3) is 3.85. The topological polar surface area (TPSA) is 69.6 Å². The highest BCUT2D eigenvalue weighted by Crippen LogP contribution is 2.20. The zero-order chi connectivity index (χ0) is 16.3. The molecule has 1 fully saturated rings. The number of benzene rings is 1. The van der Waals surface area contributed by atoms with Crippen molar-refractivity contribution >= 4 is 17.6 Å². The lowest BCUT2D eigenvalue weighted by Gasteiger charge is -2.33. The van der Waals surface area contributed by atoms with Gasteiger partial charge in [-0.05, 0) is 70.0 Å². The number of hydrogen-bond donors (Lipinski definition) is 2. The highest BCUT2D eigenvalue weighted by atomic mass is 16.4. The van der Waals surface area contributed by atoms with Gasteiger partial charge in [0.2, 0.25) is 5.91 Å². The van der Waals surface area contributed by atoms with Crippen LogP contribution in [-0.4, -0.2) is 41.0 Å². The van der Waals surface area contributed by atoms with Gasteiger partial charge >= 0.3 is 5.97 Å². The number of carbonyl (C=O) groups is 2. The van der Waals surface area contributed by atoms with Crippen LogP contribution in [0.4, 0.5) is 5.69 Å². The number of likely N-dealkylation sites (tertiary alicyclic amines) is 1. The Hall–Kier alpha value is -1.88. The third-order valence-electron chi connectivity index (χ3n) is 4.58. The zero-order valence-electron chi connectivity index (χ0n) is 13.4. The Morgan fingerprint density at radius 1 is 1.23 bits per heavy atom. The highest BCUT2D eigenvalue weighted by molar-refractivity contribution is 5.94. The maximum absolute atomic E-state index is 12.4. The largest absolute Gasteiger partial charge is 0.481 e. The van der Waals surface area contributed by atoms with Gasteiger partial charge in [0, 0.05) is 5.69 Å². The number of piperidine rings is 1. The fourth-order valence-corrected chi connectivity index (χ4v) is 2.77. The fraction of sp³-hybridized carbons (Fsp3) is 0.529. The molecule has 1 unspecified atom stereocenters. The smallest absolute Gasteiger partial charge is 0.306 e. The molecule has 120 valence electrons. The van der Waals surface area contributed by atoms with Crippen molar-refractivity contribution in [3.63, 3.8) is 0 Å². The third-order valence-corrected chi connectivity index (χ3v) is 4.58. The van der Waals surface area contributed by atoms with Crippen LogP contribution >= 0.6 is 0 Å². The standard InChI is InChI=1S/C17H24N2O3/c1-11-4-5-15(10-12(11)2)18-16(20)13(3)19-8-6-14(7-9-19)17(21)22/h4-5,10,13-14H,6-9H2,1-3H3,(H,18,20)(H,21,22). The molecule has 1 saturated heterocycles. The van der Waals surface area contributed by atoms with Crippen molar-refractivity contribution in [1.29, 1.82) is 0 Å². The second kappa shape index (κ2) is 6.92. The van der Waals surface area contributed by atoms with Crippen molar-refractivity contribution < 1.29 is 14.7 Å². The van der Waals surface area contributed by atoms with Gasteiger partial charge in [-0.15, -0.1) is 0 Å². The van der Waals surface area contributed by atoms with Crippen LogP contribution < -0.4 is 5.32 Å². The lowest BCUT2D eigenvalue weighted by Crippen LogP contribution is -2.46. The number of nitrogens with zero attached hydrogens (tertiary/aromatic N) is 1. The Labute approximate surface area is 131 Å². The SMILES string of the molecule is Cc1ccc(NC(=O)C(C)N2CCC(C(=O)O)CC2)cc1C. The molecule has 0 saturated carbocycles. The molecule has 0 aromatic heterocycles. The van der Waals surface area contributed by atoms with Crippen LogP contribution in [-0.2, 0) is 9.59 Å². The van der Waals surface area contributed by atoms with Gasteiger partial charge in [0.05, 0.1) is 12.0 Å². The quantitative estimate of drug-likeness (QED) is 0.896. The Kier molecular flexibility index (Phi) is 5.19. The molecule has 0 spiro atoms. The van der Waals surface area contributed by atoms with Gasteiger partial charge < -0.3 is 10.4 Å². The van der Waals surface area contributed by atoms with E-state index < -0.39 is 5.97 Å². The first-order valence-corrected chi connectivity index (χ1v) is 7.73. The van der Waals surface area contributed by atoms with E-state index in [2.05, 4.69) is 10.2 Å². The minimum Gasteiger partial charge on any atom is -0.481 e. The number of carboxylic acid groups (broad SMARTS) is 1. The Morgan fingerprint density at radius 2 is 1.86 bits per heavy atom. The first kappa shape index (κ1) is 16.5. The number of nitrogens with one attached hydrogen (secondary N) is 1. The molecule has 22 heavy (non-hydrogen) atoms. The van der Waals surface area contributed by atoms with Gasteiger partial charge in [-0.25, -0.2) is 0 Å². The Bertz CT molecular complexity index is 563. The predicted molar refractivity (Wildman–Crippen MR) is 85.9 cm³/mol. The summed E-state index contributed by atoms with van der Waals surface area (Å²) in [6.45, 7) is 7.23. The molecule has 0 aliphatic carbocycles. The van der Waals surface area contributed by atoms with Crippen LogP contribution in [0.15, 0.2) is 18.2 Å². The molecule has 0 radical (unpaired) electrons. The second-order valence-electron chi connectivity index (χ2n) is 6.11. The number of aliphatic carboxylic acids is 1. The number of carboxylic acids is 1. The van der Waals surface area contributed by atoms with Crippen LogP contribution in [0.2, 0.25) is 0 Å². The van der Waals surface area contributed by atoms with Crippen LogP contribution in [0.25, 0.3) is 0 Å². The van der Waals surface area contributed by atoms with Crippen molar-refractivity contribution in [3.05, 3.63) is 29.3 Å². The van der Waals surface area contributed by atoms with E-state index in [9.17, 15) is 9.59 Å². The first-order valence-electron chi connectivity index (χ1n) is 7.73. The Balaban J connectivity index is 1.92. The van der Waals surface area contributed by atoms with Gasteiger partial charge in [0.15, 0.2) is 0 Å². The predicted octanol–water partition coefficient (Wildman–Crippen LogP) is 2.43. The molecule has 1 atom stereocenters. The van der Waals surface area contributed by atoms with Gasteiger partial charge in [-0.2, -0.15) is 0 Å². The van der Waals surface area contributed by atoms with Gasteiger partial charge in [-0.3, -0.25) is 14.5 Å². The Morgan fingerprint density at radius 3 is 2.41 bits per heavy atom. The van der Waals surface area contributed by atoms with E-state index in [1.807, 2.05) is 39.0 Å². The number of amides is 1. The summed E-state index contributed by atoms with van der Waals surface area (Å²) in [4.78, 5) is 25.4. The summed E-state index contributed by atoms with van der Waals surface area (Å²) in [5.74, 6) is -1.05. The normalized spacial score (nSPS) is 18.0. The van der Waals surface area contributed by atoms with Crippen molar-refractivity contribution in [3.8, 4) is 0 Å². The van der Waals surface area contributed by atoms with E-state index in [1.165, 1.54) is 5.56 Å². The lowest BCUT2D eigenvalue weighted by atomic mass is 9.96. The number of anilines is 1. The monoisotopic (exact) mass is 304 g/mol. The number of aryl methyl sites for hydroxylation is 2. The fourth-order valence-electron chi connectivity index (χ4n) is 2.77. The van der Waals surface area contributed by atoms with Crippen LogP contribution in [0.1, 0.15) is 30.9 Å². The molecule has 5 heteroatoms. The minimum absolute atomic E-state index is 0.0444. The summed E-state index contributed by atoms with van der Waals surface area (Å²) in [6, 6.07) is 5.62. The van der Waals surface area contributed by atoms with E-state index in [-0.39, 0.29) is 17.9 Å². The summed E-state index contributed by atoms with van der Waals surface area (Å²) >= 11 is 0. The summed E-state index contributed by atoms with van der Waals surface area (Å²) in [6.07, 6.45) is 1.22. The molecule has 2 rings (SSSR count). The van der Waals surface area contributed by atoms with E-state index in [1.54, 1.807) is 0 Å². The molecular weight excluding hydrogens is 280 g/mol. The van der Waals surface area contributed by atoms with Gasteiger partial charge in [-0.1, -0.05) is 6.07 Å². The van der Waals surface area contributed by atoms with Crippen molar-refractivity contribution in [2.75, 3.05) is 18.4 Å². The van der Waals surface area contributed by atoms with E-state index in [4.69, 9.17) is 5.11 Å². The van der Waals surface area contributed by atoms with Crippen LogP contribution in [0, 0.1) is 19.8 Å². The number of hydrogen-bond acceptors (Lipinski definition) is 3. The molecule has 1 aliphatic heterocycles. The maximum Gasteiger partial charge on any atom is 0.306 e.